The molecular weight excluding hydrogens is 659 g/mol. The van der Waals surface area contributed by atoms with Gasteiger partial charge in [0, 0.05) is 41.5 Å². The minimum Gasteiger partial charge on any atom is -0.494 e. The fraction of sp³-hybridized carbons (Fsp3) is 0.556. The van der Waals surface area contributed by atoms with Crippen molar-refractivity contribution < 1.29 is 33.3 Å². The van der Waals surface area contributed by atoms with Crippen molar-refractivity contribution in [3.63, 3.8) is 0 Å². The van der Waals surface area contributed by atoms with E-state index in [4.69, 9.17) is 18.5 Å². The van der Waals surface area contributed by atoms with Gasteiger partial charge in [0.15, 0.2) is 0 Å². The molecule has 4 aromatic rings. The van der Waals surface area contributed by atoms with Gasteiger partial charge in [0.05, 0.1) is 27.4 Å². The minimum absolute atomic E-state index is 0.261. The number of para-hydroxylation sites is 2. The fourth-order valence-corrected chi connectivity index (χ4v) is 8.26. The molecule has 50 heavy (non-hydrogen) atoms. The second-order valence-electron chi connectivity index (χ2n) is 13.2. The molecule has 0 saturated carbocycles. The van der Waals surface area contributed by atoms with Crippen LogP contribution >= 0.6 is 8.25 Å². The number of rotatable bonds is 16. The van der Waals surface area contributed by atoms with Crippen LogP contribution in [-0.2, 0) is 13.6 Å². The Hall–Kier alpha value is -3.74. The molecule has 268 valence electrons. The zero-order valence-corrected chi connectivity index (χ0v) is 29.8. The van der Waals surface area contributed by atoms with Crippen LogP contribution in [0.5, 0.6) is 11.5 Å². The molecule has 2 aliphatic heterocycles. The van der Waals surface area contributed by atoms with E-state index in [2.05, 4.69) is 29.7 Å². The summed E-state index contributed by atoms with van der Waals surface area (Å²) in [6, 6.07) is 11.7. The van der Waals surface area contributed by atoms with Crippen LogP contribution in [0.3, 0.4) is 0 Å². The highest BCUT2D eigenvalue weighted by Gasteiger charge is 2.33. The van der Waals surface area contributed by atoms with Crippen LogP contribution in [0, 0.1) is 11.8 Å². The summed E-state index contributed by atoms with van der Waals surface area (Å²) in [6.45, 7) is 2.90. The summed E-state index contributed by atoms with van der Waals surface area (Å²) in [4.78, 5) is 22.7. The number of anilines is 2. The van der Waals surface area contributed by atoms with Crippen molar-refractivity contribution in [2.75, 3.05) is 63.4 Å². The molecule has 2 aromatic heterocycles. The highest BCUT2D eigenvalue weighted by Crippen LogP contribution is 2.36. The highest BCUT2D eigenvalue weighted by atomic mass is 31.1. The number of aromatic nitrogens is 4. The molecule has 2 saturated heterocycles. The lowest BCUT2D eigenvalue weighted by Gasteiger charge is -2.34. The SMILES string of the molecule is COc1cccc2c(N3CCCC(CCC(CO)O[P+](=O)OC(CO)CCC4CCCN(c5ncnc6c(OC)cccc56)C4)C3)ncnc12. The zero-order valence-electron chi connectivity index (χ0n) is 28.9. The van der Waals surface area contributed by atoms with Gasteiger partial charge in [-0.05, 0) is 87.5 Å². The molecule has 0 amide bonds. The molecule has 6 rings (SSSR count). The van der Waals surface area contributed by atoms with Crippen molar-refractivity contribution in [3.8, 4) is 11.5 Å². The molecule has 4 heterocycles. The van der Waals surface area contributed by atoms with Crippen molar-refractivity contribution in [2.24, 2.45) is 11.8 Å². The van der Waals surface area contributed by atoms with Crippen molar-refractivity contribution in [1.29, 1.82) is 0 Å². The van der Waals surface area contributed by atoms with E-state index in [1.807, 2.05) is 36.4 Å². The number of methoxy groups -OCH3 is 2. The summed E-state index contributed by atoms with van der Waals surface area (Å²) < 4.78 is 35.3. The third-order valence-corrected chi connectivity index (χ3v) is 10.9. The van der Waals surface area contributed by atoms with Crippen molar-refractivity contribution in [1.82, 2.24) is 19.9 Å². The molecule has 4 atom stereocenters. The van der Waals surface area contributed by atoms with Gasteiger partial charge in [-0.25, -0.2) is 19.9 Å². The van der Waals surface area contributed by atoms with Crippen molar-refractivity contribution >= 4 is 41.7 Å². The number of nitrogens with zero attached hydrogens (tertiary/aromatic N) is 6. The van der Waals surface area contributed by atoms with E-state index < -0.39 is 20.5 Å². The zero-order chi connectivity index (χ0) is 34.9. The van der Waals surface area contributed by atoms with Crippen LogP contribution in [0.4, 0.5) is 11.6 Å². The Kier molecular flexibility index (Phi) is 12.6. The fourth-order valence-electron chi connectivity index (χ4n) is 7.38. The van der Waals surface area contributed by atoms with Crippen LogP contribution in [0.1, 0.15) is 51.4 Å². The molecular formula is C36H48N6O7P+. The van der Waals surface area contributed by atoms with E-state index in [1.165, 1.54) is 0 Å². The molecule has 2 aromatic carbocycles. The molecule has 14 heteroatoms. The highest BCUT2D eigenvalue weighted by molar-refractivity contribution is 7.33. The standard InChI is InChI=1S/C36H48N6O7P/c1-46-31-11-3-9-29-33(31)37-23-39-35(29)41-17-5-7-25(19-41)13-15-27(21-43)48-50(45)49-28(22-44)16-14-26-8-6-18-42(20-26)36-30-10-4-12-32(47-2)34(30)38-24-40-36/h3-4,9-12,23-28,43-44H,5-8,13-22H2,1-2H3/q+1. The van der Waals surface area contributed by atoms with Gasteiger partial charge < -0.3 is 29.5 Å². The number of hydrogen-bond donors (Lipinski definition) is 2. The Labute approximate surface area is 293 Å². The van der Waals surface area contributed by atoms with Crippen LogP contribution < -0.4 is 19.3 Å². The Morgan fingerprint density at radius 2 is 1.20 bits per heavy atom. The number of aliphatic hydroxyl groups is 2. The smallest absolute Gasteiger partial charge is 0.494 e. The maximum atomic E-state index is 12.9. The van der Waals surface area contributed by atoms with Gasteiger partial charge in [0.25, 0.3) is 0 Å². The molecule has 13 nitrogen and oxygen atoms in total. The molecule has 0 bridgehead atoms. The average Bonchev–Trinajstić information content (AvgIpc) is 3.17. The van der Waals surface area contributed by atoms with Crippen LogP contribution in [0.2, 0.25) is 0 Å². The van der Waals surface area contributed by atoms with Gasteiger partial charge in [-0.3, -0.25) is 0 Å². The lowest BCUT2D eigenvalue weighted by atomic mass is 9.92. The van der Waals surface area contributed by atoms with E-state index in [0.29, 0.717) is 24.7 Å². The lowest BCUT2D eigenvalue weighted by molar-refractivity contribution is 0.0553. The van der Waals surface area contributed by atoms with Gasteiger partial charge in [0.2, 0.25) is 0 Å². The summed E-state index contributed by atoms with van der Waals surface area (Å²) in [6.07, 6.45) is 8.75. The van der Waals surface area contributed by atoms with Gasteiger partial charge in [0.1, 0.15) is 59.0 Å². The third-order valence-electron chi connectivity index (χ3n) is 9.96. The van der Waals surface area contributed by atoms with E-state index in [-0.39, 0.29) is 13.2 Å². The predicted octanol–water partition coefficient (Wildman–Crippen LogP) is 5.70. The topological polar surface area (TPSA) is 152 Å². The van der Waals surface area contributed by atoms with E-state index in [9.17, 15) is 14.8 Å². The summed E-state index contributed by atoms with van der Waals surface area (Å²) in [7, 11) is 0.767. The largest absolute Gasteiger partial charge is 0.698 e. The van der Waals surface area contributed by atoms with Gasteiger partial charge in [-0.15, -0.1) is 9.05 Å². The van der Waals surface area contributed by atoms with Gasteiger partial charge in [-0.1, -0.05) is 12.1 Å². The molecule has 0 radical (unpaired) electrons. The Balaban J connectivity index is 0.972. The van der Waals surface area contributed by atoms with Crippen LogP contribution in [-0.4, -0.2) is 96.0 Å². The summed E-state index contributed by atoms with van der Waals surface area (Å²) in [5.41, 5.74) is 1.58. The maximum Gasteiger partial charge on any atom is 0.698 e. The van der Waals surface area contributed by atoms with Crippen molar-refractivity contribution in [3.05, 3.63) is 49.1 Å². The third kappa shape index (κ3) is 8.58. The number of benzene rings is 2. The van der Waals surface area contributed by atoms with Crippen LogP contribution in [0.15, 0.2) is 49.1 Å². The average molecular weight is 708 g/mol. The molecule has 0 aliphatic carbocycles. The number of ether oxygens (including phenoxy) is 2. The van der Waals surface area contributed by atoms with Crippen molar-refractivity contribution in [2.45, 2.75) is 63.6 Å². The second-order valence-corrected chi connectivity index (χ2v) is 14.1. The molecule has 0 spiro atoms. The number of piperidine rings is 2. The summed E-state index contributed by atoms with van der Waals surface area (Å²) in [5.74, 6) is 3.94. The van der Waals surface area contributed by atoms with Gasteiger partial charge >= 0.3 is 8.25 Å². The minimum atomic E-state index is -2.52. The Morgan fingerprint density at radius 3 is 1.62 bits per heavy atom. The molecule has 2 aliphatic rings. The Bertz CT molecular complexity index is 1610. The second kappa shape index (κ2) is 17.5. The first-order valence-corrected chi connectivity index (χ1v) is 18.7. The first-order valence-electron chi connectivity index (χ1n) is 17.6. The summed E-state index contributed by atoms with van der Waals surface area (Å²) in [5, 5.41) is 22.0. The van der Waals surface area contributed by atoms with E-state index >= 15 is 0 Å². The van der Waals surface area contributed by atoms with E-state index in [0.717, 1.165) is 110 Å². The quantitative estimate of drug-likeness (QED) is 0.137. The van der Waals surface area contributed by atoms with E-state index in [1.54, 1.807) is 26.9 Å². The number of fused-ring (bicyclic) bond motifs is 2. The predicted molar refractivity (Wildman–Crippen MR) is 192 cm³/mol. The summed E-state index contributed by atoms with van der Waals surface area (Å²) >= 11 is 0. The first-order chi connectivity index (χ1) is 24.5. The maximum absolute atomic E-state index is 12.9. The van der Waals surface area contributed by atoms with Gasteiger partial charge in [-0.2, -0.15) is 0 Å². The van der Waals surface area contributed by atoms with Crippen LogP contribution in [0.25, 0.3) is 21.8 Å². The number of hydrogen-bond acceptors (Lipinski definition) is 13. The lowest BCUT2D eigenvalue weighted by Crippen LogP contribution is -2.36. The molecule has 2 fully saturated rings. The monoisotopic (exact) mass is 707 g/mol. The molecule has 4 unspecified atom stereocenters. The number of aliphatic hydroxyl groups excluding tert-OH is 2. The normalized spacial score (nSPS) is 19.8. The first kappa shape index (κ1) is 36.1. The molecule has 2 N–H and O–H groups in total. The Morgan fingerprint density at radius 1 is 0.740 bits per heavy atom.